The van der Waals surface area contributed by atoms with Gasteiger partial charge in [-0.05, 0) is 59.5 Å². The molecule has 0 saturated heterocycles. The van der Waals surface area contributed by atoms with Crippen molar-refractivity contribution in [3.63, 3.8) is 0 Å². The summed E-state index contributed by atoms with van der Waals surface area (Å²) in [4.78, 5) is 14.7. The lowest BCUT2D eigenvalue weighted by Gasteiger charge is -2.41. The Hall–Kier alpha value is -1.13. The molecule has 0 heterocycles. The van der Waals surface area contributed by atoms with Crippen LogP contribution in [0.3, 0.4) is 0 Å². The van der Waals surface area contributed by atoms with Gasteiger partial charge in [0.2, 0.25) is 0 Å². The van der Waals surface area contributed by atoms with Crippen LogP contribution in [0.15, 0.2) is 41.4 Å². The van der Waals surface area contributed by atoms with Gasteiger partial charge in [0, 0.05) is 10.4 Å². The van der Waals surface area contributed by atoms with Gasteiger partial charge < -0.3 is 4.74 Å². The van der Waals surface area contributed by atoms with Gasteiger partial charge in [-0.1, -0.05) is 34.1 Å². The first kappa shape index (κ1) is 18.9. The second kappa shape index (κ2) is 6.97. The molecule has 0 aromatic heterocycles. The molecule has 22 heavy (non-hydrogen) atoms. The van der Waals surface area contributed by atoms with E-state index in [1.54, 1.807) is 0 Å². The first-order valence-electron chi connectivity index (χ1n) is 7.31. The Balaban J connectivity index is 3.28. The fraction of sp³-hybridized carbons (Fsp3) is 0.500. The predicted molar refractivity (Wildman–Crippen MR) is 95.0 cm³/mol. The van der Waals surface area contributed by atoms with E-state index in [1.165, 1.54) is 0 Å². The molecule has 0 fully saturated rings. The maximum atomic E-state index is 12.8. The predicted octanol–water partition coefficient (Wildman–Crippen LogP) is 4.38. The standard InChI is InChI=1S/C18H26BrNO2/c1-8-15(13-9-11-14(19)12-10-13)18(5,20(6)7)16(21)22-17(2,3)4/h8-12,15H,1H2,2-7H3/t15-,18+/m1/s1. The number of benzene rings is 1. The van der Waals surface area contributed by atoms with Crippen molar-refractivity contribution in [2.24, 2.45) is 0 Å². The number of hydrogen-bond acceptors (Lipinski definition) is 3. The van der Waals surface area contributed by atoms with E-state index in [0.29, 0.717) is 0 Å². The van der Waals surface area contributed by atoms with Crippen LogP contribution in [-0.2, 0) is 9.53 Å². The summed E-state index contributed by atoms with van der Waals surface area (Å²) in [6.07, 6.45) is 1.81. The van der Waals surface area contributed by atoms with Gasteiger partial charge in [-0.2, -0.15) is 0 Å². The number of halogens is 1. The zero-order valence-corrected chi connectivity index (χ0v) is 15.9. The van der Waals surface area contributed by atoms with Crippen LogP contribution in [0.1, 0.15) is 39.2 Å². The molecule has 0 saturated carbocycles. The molecule has 0 unspecified atom stereocenters. The second-order valence-electron chi connectivity index (χ2n) is 6.81. The molecule has 2 atom stereocenters. The Labute approximate surface area is 142 Å². The molecular formula is C18H26BrNO2. The first-order chi connectivity index (χ1) is 10.0. The van der Waals surface area contributed by atoms with Crippen LogP contribution >= 0.6 is 15.9 Å². The number of likely N-dealkylation sites (N-methyl/N-ethyl adjacent to an activating group) is 1. The van der Waals surface area contributed by atoms with E-state index in [2.05, 4.69) is 22.5 Å². The van der Waals surface area contributed by atoms with Crippen molar-refractivity contribution in [3.05, 3.63) is 47.0 Å². The zero-order valence-electron chi connectivity index (χ0n) is 14.3. The Morgan fingerprint density at radius 1 is 1.23 bits per heavy atom. The minimum atomic E-state index is -0.830. The van der Waals surface area contributed by atoms with E-state index in [1.807, 2.05) is 77.0 Å². The summed E-state index contributed by atoms with van der Waals surface area (Å²) in [5, 5.41) is 0. The lowest BCUT2D eigenvalue weighted by molar-refractivity contribution is -0.168. The minimum Gasteiger partial charge on any atom is -0.459 e. The molecule has 0 aliphatic carbocycles. The summed E-state index contributed by atoms with van der Waals surface area (Å²) >= 11 is 3.44. The van der Waals surface area contributed by atoms with Crippen molar-refractivity contribution in [3.8, 4) is 0 Å². The molecule has 0 aliphatic heterocycles. The average Bonchev–Trinajstić information content (AvgIpc) is 2.39. The van der Waals surface area contributed by atoms with Gasteiger partial charge in [-0.25, -0.2) is 4.79 Å². The van der Waals surface area contributed by atoms with Gasteiger partial charge >= 0.3 is 5.97 Å². The summed E-state index contributed by atoms with van der Waals surface area (Å²) in [5.41, 5.74) is -0.330. The summed E-state index contributed by atoms with van der Waals surface area (Å²) in [6.45, 7) is 11.5. The normalized spacial score (nSPS) is 16.0. The van der Waals surface area contributed by atoms with Gasteiger partial charge in [0.05, 0.1) is 0 Å². The maximum absolute atomic E-state index is 12.8. The third-order valence-electron chi connectivity index (χ3n) is 3.81. The van der Waals surface area contributed by atoms with Crippen molar-refractivity contribution in [2.45, 2.75) is 44.8 Å². The fourth-order valence-electron chi connectivity index (χ4n) is 2.33. The van der Waals surface area contributed by atoms with Crippen LogP contribution < -0.4 is 0 Å². The summed E-state index contributed by atoms with van der Waals surface area (Å²) in [7, 11) is 3.78. The van der Waals surface area contributed by atoms with Crippen LogP contribution in [-0.4, -0.2) is 36.1 Å². The molecule has 122 valence electrons. The molecular weight excluding hydrogens is 342 g/mol. The Kier molecular flexibility index (Phi) is 5.99. The highest BCUT2D eigenvalue weighted by molar-refractivity contribution is 9.10. The van der Waals surface area contributed by atoms with Crippen molar-refractivity contribution in [1.29, 1.82) is 0 Å². The van der Waals surface area contributed by atoms with E-state index in [9.17, 15) is 4.79 Å². The summed E-state index contributed by atoms with van der Waals surface area (Å²) in [5.74, 6) is -0.428. The van der Waals surface area contributed by atoms with Gasteiger partial charge in [-0.3, -0.25) is 4.90 Å². The SMILES string of the molecule is C=C[C@H](c1ccc(Br)cc1)[C@@](C)(C(=O)OC(C)(C)C)N(C)C. The largest absolute Gasteiger partial charge is 0.459 e. The van der Waals surface area contributed by atoms with Crippen molar-refractivity contribution in [2.75, 3.05) is 14.1 Å². The van der Waals surface area contributed by atoms with Gasteiger partial charge in [0.1, 0.15) is 11.1 Å². The smallest absolute Gasteiger partial charge is 0.327 e. The zero-order chi connectivity index (χ0) is 17.1. The number of ether oxygens (including phenoxy) is 1. The van der Waals surface area contributed by atoms with Crippen molar-refractivity contribution >= 4 is 21.9 Å². The van der Waals surface area contributed by atoms with Crippen LogP contribution in [0, 0.1) is 0 Å². The van der Waals surface area contributed by atoms with Crippen LogP contribution in [0.25, 0.3) is 0 Å². The number of nitrogens with zero attached hydrogens (tertiary/aromatic N) is 1. The minimum absolute atomic E-state index is 0.176. The van der Waals surface area contributed by atoms with Crippen LogP contribution in [0.4, 0.5) is 0 Å². The molecule has 4 heteroatoms. The Morgan fingerprint density at radius 3 is 2.09 bits per heavy atom. The van der Waals surface area contributed by atoms with E-state index in [0.717, 1.165) is 10.0 Å². The molecule has 0 bridgehead atoms. The number of carbonyl (C=O) groups excluding carboxylic acids is 1. The van der Waals surface area contributed by atoms with Crippen LogP contribution in [0.5, 0.6) is 0 Å². The molecule has 0 aliphatic rings. The van der Waals surface area contributed by atoms with Crippen molar-refractivity contribution < 1.29 is 9.53 Å². The Bertz CT molecular complexity index is 531. The molecule has 1 rings (SSSR count). The highest BCUT2D eigenvalue weighted by Crippen LogP contribution is 2.35. The molecule has 3 nitrogen and oxygen atoms in total. The number of hydrogen-bond donors (Lipinski definition) is 0. The average molecular weight is 368 g/mol. The highest BCUT2D eigenvalue weighted by Gasteiger charge is 2.45. The van der Waals surface area contributed by atoms with Gasteiger partial charge in [0.25, 0.3) is 0 Å². The quantitative estimate of drug-likeness (QED) is 0.571. The lowest BCUT2D eigenvalue weighted by Crippen LogP contribution is -2.55. The molecule has 1 aromatic carbocycles. The second-order valence-corrected chi connectivity index (χ2v) is 7.72. The van der Waals surface area contributed by atoms with Crippen molar-refractivity contribution in [1.82, 2.24) is 4.90 Å². The van der Waals surface area contributed by atoms with E-state index in [4.69, 9.17) is 4.74 Å². The fourth-order valence-corrected chi connectivity index (χ4v) is 2.59. The summed E-state index contributed by atoms with van der Waals surface area (Å²) in [6, 6.07) is 7.94. The molecule has 0 radical (unpaired) electrons. The number of esters is 1. The molecule has 0 N–H and O–H groups in total. The van der Waals surface area contributed by atoms with Gasteiger partial charge in [-0.15, -0.1) is 6.58 Å². The lowest BCUT2D eigenvalue weighted by atomic mass is 9.79. The first-order valence-corrected chi connectivity index (χ1v) is 8.10. The molecule has 0 spiro atoms. The monoisotopic (exact) mass is 367 g/mol. The molecule has 1 aromatic rings. The topological polar surface area (TPSA) is 29.5 Å². The molecule has 0 amide bonds. The third kappa shape index (κ3) is 4.20. The number of rotatable bonds is 5. The van der Waals surface area contributed by atoms with E-state index < -0.39 is 11.1 Å². The number of carbonyl (C=O) groups is 1. The maximum Gasteiger partial charge on any atom is 0.327 e. The Morgan fingerprint density at radius 2 is 1.73 bits per heavy atom. The van der Waals surface area contributed by atoms with E-state index in [-0.39, 0.29) is 11.9 Å². The van der Waals surface area contributed by atoms with Gasteiger partial charge in [0.15, 0.2) is 0 Å². The highest BCUT2D eigenvalue weighted by atomic mass is 79.9. The van der Waals surface area contributed by atoms with E-state index >= 15 is 0 Å². The summed E-state index contributed by atoms with van der Waals surface area (Å²) < 4.78 is 6.66. The van der Waals surface area contributed by atoms with Crippen LogP contribution in [0.2, 0.25) is 0 Å². The third-order valence-corrected chi connectivity index (χ3v) is 4.34.